The van der Waals surface area contributed by atoms with Gasteiger partial charge in [-0.05, 0) is 13.5 Å². The molecule has 0 unspecified atom stereocenters. The molecule has 0 aromatic heterocycles. The molecule has 1 aliphatic heterocycles. The van der Waals surface area contributed by atoms with Crippen LogP contribution in [-0.4, -0.2) is 36.2 Å². The first-order valence-electron chi connectivity index (χ1n) is 3.71. The predicted octanol–water partition coefficient (Wildman–Crippen LogP) is 0.485. The van der Waals surface area contributed by atoms with Gasteiger partial charge in [-0.3, -0.25) is 0 Å². The maximum Gasteiger partial charge on any atom is 0.0710 e. The third-order valence-electron chi connectivity index (χ3n) is 2.06. The van der Waals surface area contributed by atoms with Crippen molar-refractivity contribution in [3.05, 3.63) is 12.7 Å². The summed E-state index contributed by atoms with van der Waals surface area (Å²) in [6, 6.07) is 0. The van der Waals surface area contributed by atoms with Crippen LogP contribution in [0.4, 0.5) is 0 Å². The molecule has 2 atom stereocenters. The maximum atomic E-state index is 9.40. The lowest BCUT2D eigenvalue weighted by atomic mass is 10.0. The third kappa shape index (κ3) is 1.58. The van der Waals surface area contributed by atoms with Gasteiger partial charge in [0, 0.05) is 19.0 Å². The molecule has 1 heterocycles. The van der Waals surface area contributed by atoms with Crippen LogP contribution in [0.3, 0.4) is 0 Å². The first kappa shape index (κ1) is 7.76. The summed E-state index contributed by atoms with van der Waals surface area (Å²) in [5, 5.41) is 9.40. The van der Waals surface area contributed by atoms with Gasteiger partial charge in [-0.1, -0.05) is 6.08 Å². The zero-order valence-electron chi connectivity index (χ0n) is 6.45. The first-order valence-corrected chi connectivity index (χ1v) is 3.71. The molecule has 0 aliphatic carbocycles. The van der Waals surface area contributed by atoms with E-state index in [4.69, 9.17) is 0 Å². The number of aliphatic hydroxyl groups is 1. The van der Waals surface area contributed by atoms with Gasteiger partial charge in [0.1, 0.15) is 0 Å². The number of hydrogen-bond acceptors (Lipinski definition) is 2. The van der Waals surface area contributed by atoms with E-state index in [2.05, 4.69) is 11.5 Å². The predicted molar refractivity (Wildman–Crippen MR) is 41.8 cm³/mol. The van der Waals surface area contributed by atoms with E-state index in [0.717, 1.165) is 19.5 Å². The van der Waals surface area contributed by atoms with Gasteiger partial charge in [-0.25, -0.2) is 0 Å². The molecule has 1 rings (SSSR count). The summed E-state index contributed by atoms with van der Waals surface area (Å²) in [4.78, 5) is 2.15. The van der Waals surface area contributed by atoms with Crippen LogP contribution in [0.25, 0.3) is 0 Å². The molecule has 0 radical (unpaired) electrons. The molecule has 1 fully saturated rings. The largest absolute Gasteiger partial charge is 0.391 e. The molecule has 0 saturated carbocycles. The van der Waals surface area contributed by atoms with Crippen LogP contribution in [0.1, 0.15) is 6.42 Å². The minimum Gasteiger partial charge on any atom is -0.391 e. The number of allylic oxidation sites excluding steroid dienone is 1. The number of likely N-dealkylation sites (N-methyl/N-ethyl adjacent to an activating group) is 1. The van der Waals surface area contributed by atoms with Gasteiger partial charge in [0.2, 0.25) is 0 Å². The highest BCUT2D eigenvalue weighted by atomic mass is 16.3. The molecule has 0 amide bonds. The number of aliphatic hydroxyl groups excluding tert-OH is 1. The van der Waals surface area contributed by atoms with Crippen molar-refractivity contribution < 1.29 is 5.11 Å². The number of rotatable bonds is 2. The van der Waals surface area contributed by atoms with Crippen LogP contribution in [0, 0.1) is 5.92 Å². The Bertz CT molecular complexity index is 124. The fraction of sp³-hybridized carbons (Fsp3) is 0.750. The quantitative estimate of drug-likeness (QED) is 0.566. The second kappa shape index (κ2) is 3.17. The molecule has 58 valence electrons. The molecule has 1 aliphatic rings. The molecular formula is C8H15NO. The van der Waals surface area contributed by atoms with Crippen LogP contribution in [0.15, 0.2) is 12.7 Å². The Kier molecular flexibility index (Phi) is 2.46. The van der Waals surface area contributed by atoms with E-state index in [-0.39, 0.29) is 6.10 Å². The minimum atomic E-state index is -0.136. The lowest BCUT2D eigenvalue weighted by molar-refractivity contribution is 0.144. The number of likely N-dealkylation sites (tertiary alicyclic amines) is 1. The Morgan fingerprint density at radius 3 is 2.80 bits per heavy atom. The van der Waals surface area contributed by atoms with Gasteiger partial charge < -0.3 is 10.0 Å². The maximum absolute atomic E-state index is 9.40. The lowest BCUT2D eigenvalue weighted by Gasteiger charge is -2.08. The van der Waals surface area contributed by atoms with Crippen LogP contribution in [0.2, 0.25) is 0 Å². The van der Waals surface area contributed by atoms with E-state index < -0.39 is 0 Å². The Morgan fingerprint density at radius 1 is 1.70 bits per heavy atom. The van der Waals surface area contributed by atoms with Crippen molar-refractivity contribution in [2.75, 3.05) is 20.1 Å². The molecule has 2 nitrogen and oxygen atoms in total. The van der Waals surface area contributed by atoms with Gasteiger partial charge in [0.05, 0.1) is 6.10 Å². The minimum absolute atomic E-state index is 0.136. The lowest BCUT2D eigenvalue weighted by Crippen LogP contribution is -2.17. The Hall–Kier alpha value is -0.340. The molecule has 1 N–H and O–H groups in total. The zero-order chi connectivity index (χ0) is 7.56. The van der Waals surface area contributed by atoms with E-state index in [1.54, 1.807) is 0 Å². The van der Waals surface area contributed by atoms with E-state index in [1.807, 2.05) is 13.1 Å². The topological polar surface area (TPSA) is 23.5 Å². The molecule has 2 heteroatoms. The normalized spacial score (nSPS) is 34.6. The number of hydrogen-bond donors (Lipinski definition) is 1. The molecule has 0 aromatic rings. The molecular weight excluding hydrogens is 126 g/mol. The van der Waals surface area contributed by atoms with Crippen LogP contribution < -0.4 is 0 Å². The van der Waals surface area contributed by atoms with E-state index >= 15 is 0 Å². The van der Waals surface area contributed by atoms with Gasteiger partial charge in [-0.15, -0.1) is 6.58 Å². The monoisotopic (exact) mass is 141 g/mol. The fourth-order valence-corrected chi connectivity index (χ4v) is 1.51. The second-order valence-corrected chi connectivity index (χ2v) is 3.07. The van der Waals surface area contributed by atoms with Crippen LogP contribution in [0.5, 0.6) is 0 Å². The number of nitrogens with zero attached hydrogens (tertiary/aromatic N) is 1. The van der Waals surface area contributed by atoms with Crippen molar-refractivity contribution in [3.8, 4) is 0 Å². The van der Waals surface area contributed by atoms with Crippen molar-refractivity contribution in [1.29, 1.82) is 0 Å². The molecule has 0 spiro atoms. The van der Waals surface area contributed by atoms with Crippen LogP contribution >= 0.6 is 0 Å². The van der Waals surface area contributed by atoms with E-state index in [9.17, 15) is 5.11 Å². The average molecular weight is 141 g/mol. The Balaban J connectivity index is 2.38. The smallest absolute Gasteiger partial charge is 0.0710 e. The molecule has 1 saturated heterocycles. The standard InChI is InChI=1S/C8H15NO/c1-3-4-7-5-9(2)6-8(7)10/h3,7-8,10H,1,4-6H2,2H3/t7-,8-/m0/s1. The van der Waals surface area contributed by atoms with Gasteiger partial charge in [0.25, 0.3) is 0 Å². The number of β-amino-alcohol motifs (C(OH)–C–C–N with tert-alkyl or cyclic N) is 1. The van der Waals surface area contributed by atoms with Gasteiger partial charge >= 0.3 is 0 Å². The van der Waals surface area contributed by atoms with Crippen molar-refractivity contribution in [3.63, 3.8) is 0 Å². The fourth-order valence-electron chi connectivity index (χ4n) is 1.51. The van der Waals surface area contributed by atoms with Crippen LogP contribution in [-0.2, 0) is 0 Å². The highest BCUT2D eigenvalue weighted by molar-refractivity contribution is 4.86. The average Bonchev–Trinajstić information content (AvgIpc) is 2.13. The molecule has 0 aromatic carbocycles. The summed E-state index contributed by atoms with van der Waals surface area (Å²) >= 11 is 0. The highest BCUT2D eigenvalue weighted by Crippen LogP contribution is 2.18. The van der Waals surface area contributed by atoms with E-state index in [0.29, 0.717) is 5.92 Å². The zero-order valence-corrected chi connectivity index (χ0v) is 6.45. The summed E-state index contributed by atoms with van der Waals surface area (Å²) < 4.78 is 0. The summed E-state index contributed by atoms with van der Waals surface area (Å²) in [5.41, 5.74) is 0. The highest BCUT2D eigenvalue weighted by Gasteiger charge is 2.27. The second-order valence-electron chi connectivity index (χ2n) is 3.07. The SMILES string of the molecule is C=CC[C@H]1CN(C)C[C@@H]1O. The van der Waals surface area contributed by atoms with Gasteiger partial charge in [0.15, 0.2) is 0 Å². The summed E-state index contributed by atoms with van der Waals surface area (Å²) in [5.74, 6) is 0.419. The Labute approximate surface area is 62.2 Å². The van der Waals surface area contributed by atoms with Crippen molar-refractivity contribution >= 4 is 0 Å². The van der Waals surface area contributed by atoms with Gasteiger partial charge in [-0.2, -0.15) is 0 Å². The first-order chi connectivity index (χ1) is 4.74. The summed E-state index contributed by atoms with van der Waals surface area (Å²) in [6.07, 6.45) is 2.68. The molecule has 0 bridgehead atoms. The Morgan fingerprint density at radius 2 is 2.40 bits per heavy atom. The van der Waals surface area contributed by atoms with E-state index in [1.165, 1.54) is 0 Å². The summed E-state index contributed by atoms with van der Waals surface area (Å²) in [6.45, 7) is 5.48. The van der Waals surface area contributed by atoms with Crippen molar-refractivity contribution in [2.24, 2.45) is 5.92 Å². The summed E-state index contributed by atoms with van der Waals surface area (Å²) in [7, 11) is 2.03. The molecule has 10 heavy (non-hydrogen) atoms. The third-order valence-corrected chi connectivity index (χ3v) is 2.06. The van der Waals surface area contributed by atoms with Crippen molar-refractivity contribution in [2.45, 2.75) is 12.5 Å². The van der Waals surface area contributed by atoms with Crippen molar-refractivity contribution in [1.82, 2.24) is 4.90 Å².